The molecule has 2 aromatic rings. The van der Waals surface area contributed by atoms with Gasteiger partial charge in [0.2, 0.25) is 0 Å². The van der Waals surface area contributed by atoms with Crippen molar-refractivity contribution in [2.45, 2.75) is 31.8 Å². The molecule has 0 bridgehead atoms. The van der Waals surface area contributed by atoms with Crippen LogP contribution in [0.5, 0.6) is 0 Å². The highest BCUT2D eigenvalue weighted by Gasteiger charge is 2.35. The quantitative estimate of drug-likeness (QED) is 0.794. The smallest absolute Gasteiger partial charge is 0.0801 e. The molecule has 2 aromatic carbocycles. The van der Waals surface area contributed by atoms with Crippen LogP contribution in [0.25, 0.3) is 11.1 Å². The lowest BCUT2D eigenvalue weighted by Gasteiger charge is -2.18. The molecule has 1 nitrogen and oxygen atoms in total. The topological polar surface area (TPSA) is 20.2 Å². The van der Waals surface area contributed by atoms with E-state index in [1.807, 2.05) is 18.2 Å². The molecule has 0 fully saturated rings. The summed E-state index contributed by atoms with van der Waals surface area (Å²) in [4.78, 5) is 0. The molecular weight excluding hydrogens is 220 g/mol. The van der Waals surface area contributed by atoms with Gasteiger partial charge in [-0.2, -0.15) is 0 Å². The molecule has 1 aliphatic carbocycles. The Bertz CT molecular complexity index is 569. The third-order valence-corrected chi connectivity index (χ3v) is 3.95. The summed E-state index contributed by atoms with van der Waals surface area (Å²) in [5.74, 6) is 0. The second-order valence-corrected chi connectivity index (χ2v) is 5.77. The molecule has 1 aliphatic rings. The first kappa shape index (κ1) is 11.5. The van der Waals surface area contributed by atoms with Crippen molar-refractivity contribution in [2.24, 2.45) is 0 Å². The van der Waals surface area contributed by atoms with Crippen LogP contribution in [0.3, 0.4) is 0 Å². The lowest BCUT2D eigenvalue weighted by Crippen LogP contribution is -2.12. The van der Waals surface area contributed by atoms with Crippen LogP contribution < -0.4 is 0 Å². The summed E-state index contributed by atoms with van der Waals surface area (Å²) >= 11 is 0. The third kappa shape index (κ3) is 1.75. The van der Waals surface area contributed by atoms with Gasteiger partial charge in [0.05, 0.1) is 6.10 Å². The van der Waals surface area contributed by atoms with Crippen molar-refractivity contribution in [1.29, 1.82) is 0 Å². The molecule has 1 heteroatoms. The van der Waals surface area contributed by atoms with Crippen LogP contribution in [0.4, 0.5) is 0 Å². The molecule has 0 saturated carbocycles. The Hall–Kier alpha value is -1.60. The van der Waals surface area contributed by atoms with E-state index in [-0.39, 0.29) is 11.5 Å². The average molecular weight is 238 g/mol. The van der Waals surface area contributed by atoms with Gasteiger partial charge in [-0.3, -0.25) is 0 Å². The van der Waals surface area contributed by atoms with E-state index in [0.29, 0.717) is 0 Å². The van der Waals surface area contributed by atoms with Crippen LogP contribution in [-0.4, -0.2) is 5.11 Å². The van der Waals surface area contributed by atoms with Crippen LogP contribution >= 0.6 is 0 Å². The predicted molar refractivity (Wildman–Crippen MR) is 74.5 cm³/mol. The fraction of sp³-hybridized carbons (Fsp3) is 0.294. The monoisotopic (exact) mass is 238 g/mol. The maximum absolute atomic E-state index is 10.2. The zero-order valence-corrected chi connectivity index (χ0v) is 10.9. The molecule has 18 heavy (non-hydrogen) atoms. The minimum atomic E-state index is -0.321. The molecule has 1 N–H and O–H groups in total. The van der Waals surface area contributed by atoms with E-state index in [9.17, 15) is 5.11 Å². The number of rotatable bonds is 1. The minimum absolute atomic E-state index is 0.0873. The standard InChI is InChI=1S/C17H18O/c1-17(2)11-16(18)14-10-13(8-9-15(14)17)12-6-4-3-5-7-12/h3-10,16,18H,11H2,1-2H3/t16-/m1/s1. The summed E-state index contributed by atoms with van der Waals surface area (Å²) in [6, 6.07) is 16.8. The molecule has 92 valence electrons. The zero-order valence-electron chi connectivity index (χ0n) is 10.9. The predicted octanol–water partition coefficient (Wildman–Crippen LogP) is 4.07. The fourth-order valence-electron chi connectivity index (χ4n) is 2.97. The normalized spacial score (nSPS) is 20.7. The molecule has 0 unspecified atom stereocenters. The van der Waals surface area contributed by atoms with Crippen LogP contribution in [0, 0.1) is 0 Å². The van der Waals surface area contributed by atoms with Gasteiger partial charge in [0, 0.05) is 0 Å². The van der Waals surface area contributed by atoms with Crippen LogP contribution in [0.15, 0.2) is 48.5 Å². The summed E-state index contributed by atoms with van der Waals surface area (Å²) in [5.41, 5.74) is 4.86. The summed E-state index contributed by atoms with van der Waals surface area (Å²) in [7, 11) is 0. The molecule has 0 amide bonds. The van der Waals surface area contributed by atoms with Crippen molar-refractivity contribution < 1.29 is 5.11 Å². The first-order valence-electron chi connectivity index (χ1n) is 6.46. The van der Waals surface area contributed by atoms with Crippen LogP contribution in [0.1, 0.15) is 37.5 Å². The average Bonchev–Trinajstić information content (AvgIpc) is 2.61. The maximum Gasteiger partial charge on any atom is 0.0801 e. The van der Waals surface area contributed by atoms with Gasteiger partial charge in [0.1, 0.15) is 0 Å². The van der Waals surface area contributed by atoms with Gasteiger partial charge in [0.25, 0.3) is 0 Å². The van der Waals surface area contributed by atoms with Gasteiger partial charge in [-0.1, -0.05) is 56.3 Å². The Labute approximate surface area is 108 Å². The van der Waals surface area contributed by atoms with Crippen LogP contribution in [0.2, 0.25) is 0 Å². The van der Waals surface area contributed by atoms with Crippen molar-refractivity contribution in [3.05, 3.63) is 59.7 Å². The second kappa shape index (κ2) is 3.96. The lowest BCUT2D eigenvalue weighted by molar-refractivity contribution is 0.161. The fourth-order valence-corrected chi connectivity index (χ4v) is 2.97. The number of fused-ring (bicyclic) bond motifs is 1. The van der Waals surface area contributed by atoms with E-state index < -0.39 is 0 Å². The van der Waals surface area contributed by atoms with Crippen molar-refractivity contribution in [3.8, 4) is 11.1 Å². The molecule has 1 atom stereocenters. The number of benzene rings is 2. The number of aliphatic hydroxyl groups is 1. The Morgan fingerprint density at radius 1 is 1.00 bits per heavy atom. The largest absolute Gasteiger partial charge is 0.388 e. The molecule has 0 aromatic heterocycles. The molecule has 3 rings (SSSR count). The van der Waals surface area contributed by atoms with Gasteiger partial charge in [0.15, 0.2) is 0 Å². The van der Waals surface area contributed by atoms with E-state index in [1.54, 1.807) is 0 Å². The molecule has 0 radical (unpaired) electrons. The first-order chi connectivity index (χ1) is 8.58. The molecule has 0 saturated heterocycles. The summed E-state index contributed by atoms with van der Waals surface area (Å²) in [5, 5.41) is 10.2. The van der Waals surface area contributed by atoms with E-state index >= 15 is 0 Å². The van der Waals surface area contributed by atoms with Gasteiger partial charge < -0.3 is 5.11 Å². The van der Waals surface area contributed by atoms with Gasteiger partial charge >= 0.3 is 0 Å². The van der Waals surface area contributed by atoms with Crippen molar-refractivity contribution in [2.75, 3.05) is 0 Å². The van der Waals surface area contributed by atoms with E-state index in [1.165, 1.54) is 16.7 Å². The Morgan fingerprint density at radius 2 is 1.72 bits per heavy atom. The summed E-state index contributed by atoms with van der Waals surface area (Å²) in [6.45, 7) is 4.40. The molecular formula is C17H18O. The first-order valence-corrected chi connectivity index (χ1v) is 6.46. The van der Waals surface area contributed by atoms with E-state index in [2.05, 4.69) is 44.2 Å². The zero-order chi connectivity index (χ0) is 12.8. The summed E-state index contributed by atoms with van der Waals surface area (Å²) < 4.78 is 0. The highest BCUT2D eigenvalue weighted by atomic mass is 16.3. The highest BCUT2D eigenvalue weighted by molar-refractivity contribution is 5.66. The van der Waals surface area contributed by atoms with Crippen molar-refractivity contribution >= 4 is 0 Å². The lowest BCUT2D eigenvalue weighted by atomic mass is 9.86. The molecule has 0 heterocycles. The molecule has 0 spiro atoms. The number of hydrogen-bond acceptors (Lipinski definition) is 1. The maximum atomic E-state index is 10.2. The second-order valence-electron chi connectivity index (χ2n) is 5.77. The van der Waals surface area contributed by atoms with Crippen LogP contribution in [-0.2, 0) is 5.41 Å². The van der Waals surface area contributed by atoms with Gasteiger partial charge in [-0.25, -0.2) is 0 Å². The molecule has 0 aliphatic heterocycles. The third-order valence-electron chi connectivity index (χ3n) is 3.95. The highest BCUT2D eigenvalue weighted by Crippen LogP contribution is 2.45. The summed E-state index contributed by atoms with van der Waals surface area (Å²) in [6.07, 6.45) is 0.499. The van der Waals surface area contributed by atoms with Crippen molar-refractivity contribution in [1.82, 2.24) is 0 Å². The number of aliphatic hydroxyl groups excluding tert-OH is 1. The Morgan fingerprint density at radius 3 is 2.44 bits per heavy atom. The van der Waals surface area contributed by atoms with E-state index in [0.717, 1.165) is 12.0 Å². The van der Waals surface area contributed by atoms with E-state index in [4.69, 9.17) is 0 Å². The SMILES string of the molecule is CC1(C)C[C@@H](O)c2cc(-c3ccccc3)ccc21. The van der Waals surface area contributed by atoms with Crippen molar-refractivity contribution in [3.63, 3.8) is 0 Å². The number of hydrogen-bond donors (Lipinski definition) is 1. The minimum Gasteiger partial charge on any atom is -0.388 e. The van der Waals surface area contributed by atoms with Gasteiger partial charge in [-0.15, -0.1) is 0 Å². The Kier molecular flexibility index (Phi) is 2.53. The Balaban J connectivity index is 2.11. The van der Waals surface area contributed by atoms with Gasteiger partial charge in [-0.05, 0) is 40.2 Å².